The molecule has 6 heteroatoms. The van der Waals surface area contributed by atoms with Gasteiger partial charge in [-0.3, -0.25) is 4.68 Å². The van der Waals surface area contributed by atoms with Crippen LogP contribution in [-0.4, -0.2) is 18.7 Å². The summed E-state index contributed by atoms with van der Waals surface area (Å²) in [6.45, 7) is 1.74. The second kappa shape index (κ2) is 3.65. The van der Waals surface area contributed by atoms with Gasteiger partial charge in [0.2, 0.25) is 3.79 Å². The number of hydrogen-bond acceptors (Lipinski definition) is 2. The minimum Gasteiger partial charge on any atom is -0.384 e. The molecule has 1 aromatic rings. The molecular formula is C7H9Cl3N2O. The Morgan fingerprint density at radius 3 is 2.38 bits per heavy atom. The Kier molecular flexibility index (Phi) is 3.12. The van der Waals surface area contributed by atoms with Gasteiger partial charge in [0.1, 0.15) is 6.10 Å². The SMILES string of the molecule is Cc1nn(C)cc1[C@H](O)C(Cl)(Cl)Cl. The van der Waals surface area contributed by atoms with Gasteiger partial charge in [0, 0.05) is 18.8 Å². The maximum absolute atomic E-state index is 9.60. The van der Waals surface area contributed by atoms with Crippen molar-refractivity contribution in [3.05, 3.63) is 17.5 Å². The fourth-order valence-electron chi connectivity index (χ4n) is 1.06. The number of rotatable bonds is 1. The number of aromatic nitrogens is 2. The molecule has 1 atom stereocenters. The topological polar surface area (TPSA) is 38.0 Å². The van der Waals surface area contributed by atoms with Crippen LogP contribution < -0.4 is 0 Å². The molecule has 13 heavy (non-hydrogen) atoms. The molecule has 1 rings (SSSR count). The number of nitrogens with zero attached hydrogens (tertiary/aromatic N) is 2. The Morgan fingerprint density at radius 1 is 1.54 bits per heavy atom. The predicted octanol–water partition coefficient (Wildman–Crippen LogP) is 2.13. The van der Waals surface area contributed by atoms with Crippen LogP contribution in [0.1, 0.15) is 17.4 Å². The van der Waals surface area contributed by atoms with Crippen molar-refractivity contribution >= 4 is 34.8 Å². The van der Waals surface area contributed by atoms with E-state index in [-0.39, 0.29) is 0 Å². The maximum atomic E-state index is 9.60. The lowest BCUT2D eigenvalue weighted by Gasteiger charge is -2.17. The van der Waals surface area contributed by atoms with Crippen molar-refractivity contribution in [2.24, 2.45) is 7.05 Å². The molecule has 0 aromatic carbocycles. The fraction of sp³-hybridized carbons (Fsp3) is 0.571. The summed E-state index contributed by atoms with van der Waals surface area (Å²) in [6, 6.07) is 0. The number of hydrogen-bond donors (Lipinski definition) is 1. The fourth-order valence-corrected chi connectivity index (χ4v) is 1.42. The van der Waals surface area contributed by atoms with Crippen LogP contribution in [-0.2, 0) is 7.05 Å². The molecule has 1 heterocycles. The first-order valence-corrected chi connectivity index (χ1v) is 4.70. The van der Waals surface area contributed by atoms with Gasteiger partial charge >= 0.3 is 0 Å². The summed E-state index contributed by atoms with van der Waals surface area (Å²) in [6.07, 6.45) is 0.480. The number of halogens is 3. The van der Waals surface area contributed by atoms with Crippen molar-refractivity contribution in [2.45, 2.75) is 16.8 Å². The highest BCUT2D eigenvalue weighted by Crippen LogP contribution is 2.40. The average molecular weight is 244 g/mol. The molecule has 0 aliphatic rings. The van der Waals surface area contributed by atoms with E-state index in [1.54, 1.807) is 24.9 Å². The molecule has 0 unspecified atom stereocenters. The van der Waals surface area contributed by atoms with E-state index in [1.807, 2.05) is 0 Å². The van der Waals surface area contributed by atoms with E-state index in [0.29, 0.717) is 11.3 Å². The van der Waals surface area contributed by atoms with Gasteiger partial charge in [-0.2, -0.15) is 5.10 Å². The van der Waals surface area contributed by atoms with Crippen molar-refractivity contribution in [1.82, 2.24) is 9.78 Å². The van der Waals surface area contributed by atoms with Gasteiger partial charge in [0.05, 0.1) is 5.69 Å². The highest BCUT2D eigenvalue weighted by molar-refractivity contribution is 6.68. The minimum atomic E-state index is -1.71. The summed E-state index contributed by atoms with van der Waals surface area (Å²) >= 11 is 16.6. The van der Waals surface area contributed by atoms with Crippen molar-refractivity contribution in [3.8, 4) is 0 Å². The molecule has 74 valence electrons. The summed E-state index contributed by atoms with van der Waals surface area (Å²) in [7, 11) is 1.74. The van der Waals surface area contributed by atoms with Crippen LogP contribution in [0.25, 0.3) is 0 Å². The van der Waals surface area contributed by atoms with E-state index in [0.717, 1.165) is 0 Å². The molecule has 3 nitrogen and oxygen atoms in total. The lowest BCUT2D eigenvalue weighted by atomic mass is 10.2. The molecule has 0 saturated carbocycles. The van der Waals surface area contributed by atoms with Gasteiger partial charge in [0.25, 0.3) is 0 Å². The van der Waals surface area contributed by atoms with Crippen LogP contribution >= 0.6 is 34.8 Å². The van der Waals surface area contributed by atoms with Crippen molar-refractivity contribution < 1.29 is 5.11 Å². The van der Waals surface area contributed by atoms with Crippen LogP contribution in [0.4, 0.5) is 0 Å². The van der Waals surface area contributed by atoms with Crippen molar-refractivity contribution in [2.75, 3.05) is 0 Å². The smallest absolute Gasteiger partial charge is 0.220 e. The molecular weight excluding hydrogens is 234 g/mol. The Hall–Kier alpha value is 0.0400. The van der Waals surface area contributed by atoms with E-state index in [9.17, 15) is 5.11 Å². The van der Waals surface area contributed by atoms with E-state index in [4.69, 9.17) is 34.8 Å². The molecule has 0 spiro atoms. The second-order valence-corrected chi connectivity index (χ2v) is 5.16. The first-order chi connectivity index (χ1) is 5.82. The predicted molar refractivity (Wildman–Crippen MR) is 53.2 cm³/mol. The van der Waals surface area contributed by atoms with Gasteiger partial charge in [-0.1, -0.05) is 34.8 Å². The zero-order valence-corrected chi connectivity index (χ0v) is 9.40. The molecule has 1 N–H and O–H groups in total. The third kappa shape index (κ3) is 2.50. The van der Waals surface area contributed by atoms with Crippen molar-refractivity contribution in [3.63, 3.8) is 0 Å². The highest BCUT2D eigenvalue weighted by Gasteiger charge is 2.34. The number of alkyl halides is 3. The maximum Gasteiger partial charge on any atom is 0.220 e. The normalized spacial score (nSPS) is 14.6. The van der Waals surface area contributed by atoms with Gasteiger partial charge in [-0.05, 0) is 6.92 Å². The highest BCUT2D eigenvalue weighted by atomic mass is 35.6. The summed E-state index contributed by atoms with van der Waals surface area (Å²) in [5.41, 5.74) is 1.18. The van der Waals surface area contributed by atoms with Crippen LogP contribution in [0.2, 0.25) is 0 Å². The Bertz CT molecular complexity index is 305. The van der Waals surface area contributed by atoms with E-state index >= 15 is 0 Å². The number of aryl methyl sites for hydroxylation is 2. The second-order valence-electron chi connectivity index (χ2n) is 2.79. The Morgan fingerprint density at radius 2 is 2.08 bits per heavy atom. The van der Waals surface area contributed by atoms with E-state index in [1.165, 1.54) is 0 Å². The third-order valence-corrected chi connectivity index (χ3v) is 2.28. The Labute approximate surface area is 91.2 Å². The molecule has 0 fully saturated rings. The van der Waals surface area contributed by atoms with Crippen LogP contribution in [0.3, 0.4) is 0 Å². The number of aliphatic hydroxyl groups is 1. The standard InChI is InChI=1S/C7H9Cl3N2O/c1-4-5(3-12(2)11-4)6(13)7(8,9)10/h3,6,13H,1-2H3/t6-/m0/s1. The summed E-state index contributed by atoms with van der Waals surface area (Å²) in [4.78, 5) is 0. The van der Waals surface area contributed by atoms with Gasteiger partial charge in [-0.15, -0.1) is 0 Å². The summed E-state index contributed by atoms with van der Waals surface area (Å²) in [5.74, 6) is 0. The molecule has 0 radical (unpaired) electrons. The zero-order chi connectivity index (χ0) is 10.2. The van der Waals surface area contributed by atoms with Gasteiger partial charge < -0.3 is 5.11 Å². The lowest BCUT2D eigenvalue weighted by Crippen LogP contribution is -2.16. The third-order valence-electron chi connectivity index (χ3n) is 1.66. The molecule has 0 bridgehead atoms. The van der Waals surface area contributed by atoms with Crippen LogP contribution in [0.15, 0.2) is 6.20 Å². The lowest BCUT2D eigenvalue weighted by molar-refractivity contribution is 0.181. The first kappa shape index (κ1) is 11.1. The molecule has 0 aliphatic carbocycles. The number of aliphatic hydroxyl groups excluding tert-OH is 1. The molecule has 0 saturated heterocycles. The average Bonchev–Trinajstić information content (AvgIpc) is 2.26. The zero-order valence-electron chi connectivity index (χ0n) is 7.13. The molecule has 0 aliphatic heterocycles. The quantitative estimate of drug-likeness (QED) is 0.768. The van der Waals surface area contributed by atoms with Gasteiger partial charge in [-0.25, -0.2) is 0 Å². The molecule has 0 amide bonds. The summed E-state index contributed by atoms with van der Waals surface area (Å²) in [5, 5.41) is 13.6. The minimum absolute atomic E-state index is 0.530. The van der Waals surface area contributed by atoms with E-state index in [2.05, 4.69) is 5.10 Å². The summed E-state index contributed by atoms with van der Waals surface area (Å²) < 4.78 is -0.155. The van der Waals surface area contributed by atoms with Gasteiger partial charge in [0.15, 0.2) is 0 Å². The monoisotopic (exact) mass is 242 g/mol. The first-order valence-electron chi connectivity index (χ1n) is 3.57. The van der Waals surface area contributed by atoms with Crippen LogP contribution in [0.5, 0.6) is 0 Å². The molecule has 1 aromatic heterocycles. The largest absolute Gasteiger partial charge is 0.384 e. The Balaban J connectivity index is 3.01. The van der Waals surface area contributed by atoms with Crippen molar-refractivity contribution in [1.29, 1.82) is 0 Å². The van der Waals surface area contributed by atoms with E-state index < -0.39 is 9.90 Å². The van der Waals surface area contributed by atoms with Crippen LogP contribution in [0, 0.1) is 6.92 Å².